The molecule has 0 radical (unpaired) electrons. The number of nitrogens with zero attached hydrogens (tertiary/aromatic N) is 2. The number of carbonyl (C=O) groups excluding carboxylic acids is 1. The minimum Gasteiger partial charge on any atom is -0.466 e. The third-order valence-electron chi connectivity index (χ3n) is 4.11. The number of aryl methyl sites for hydroxylation is 4. The number of nitrogens with one attached hydrogen (secondary N) is 1. The third kappa shape index (κ3) is 2.86. The van der Waals surface area contributed by atoms with E-state index < -0.39 is 0 Å². The molecule has 114 valence electrons. The fraction of sp³-hybridized carbons (Fsp3) is 0.500. The van der Waals surface area contributed by atoms with Crippen LogP contribution in [0, 0.1) is 34.6 Å². The first-order chi connectivity index (χ1) is 9.82. The molecule has 0 unspecified atom stereocenters. The minimum atomic E-state index is -0.0685. The lowest BCUT2D eigenvalue weighted by Crippen LogP contribution is -2.26. The molecule has 0 fully saturated rings. The van der Waals surface area contributed by atoms with Crippen LogP contribution in [0.5, 0.6) is 0 Å². The first kappa shape index (κ1) is 15.4. The molecule has 5 heteroatoms. The van der Waals surface area contributed by atoms with Crippen LogP contribution in [0.25, 0.3) is 0 Å². The maximum Gasteiger partial charge on any atom is 0.255 e. The third-order valence-corrected chi connectivity index (χ3v) is 4.11. The predicted molar refractivity (Wildman–Crippen MR) is 81.6 cm³/mol. The number of hydrogen-bond donors (Lipinski definition) is 1. The molecule has 0 saturated carbocycles. The zero-order valence-corrected chi connectivity index (χ0v) is 13.6. The Hall–Kier alpha value is -2.04. The van der Waals surface area contributed by atoms with Gasteiger partial charge in [-0.1, -0.05) is 0 Å². The summed E-state index contributed by atoms with van der Waals surface area (Å²) < 4.78 is 7.37. The quantitative estimate of drug-likeness (QED) is 0.941. The number of furan rings is 1. The number of aromatic nitrogens is 2. The van der Waals surface area contributed by atoms with Crippen molar-refractivity contribution in [2.24, 2.45) is 7.05 Å². The van der Waals surface area contributed by atoms with Crippen molar-refractivity contribution in [3.8, 4) is 0 Å². The zero-order chi connectivity index (χ0) is 15.7. The molecule has 0 aromatic carbocycles. The van der Waals surface area contributed by atoms with E-state index in [-0.39, 0.29) is 5.91 Å². The van der Waals surface area contributed by atoms with Crippen LogP contribution in [0.1, 0.15) is 44.4 Å². The first-order valence-electron chi connectivity index (χ1n) is 7.16. The summed E-state index contributed by atoms with van der Waals surface area (Å²) in [5.74, 6) is 1.41. The van der Waals surface area contributed by atoms with Crippen molar-refractivity contribution in [3.63, 3.8) is 0 Å². The van der Waals surface area contributed by atoms with E-state index in [1.54, 1.807) is 0 Å². The lowest BCUT2D eigenvalue weighted by atomic mass is 10.1. The molecule has 21 heavy (non-hydrogen) atoms. The summed E-state index contributed by atoms with van der Waals surface area (Å²) in [5.41, 5.74) is 4.95. The largest absolute Gasteiger partial charge is 0.466 e. The molecule has 2 heterocycles. The second kappa shape index (κ2) is 5.76. The molecule has 0 atom stereocenters. The highest BCUT2D eigenvalue weighted by Crippen LogP contribution is 2.20. The van der Waals surface area contributed by atoms with E-state index in [9.17, 15) is 4.79 Å². The number of carbonyl (C=O) groups is 1. The second-order valence-electron chi connectivity index (χ2n) is 5.49. The molecule has 0 saturated heterocycles. The fourth-order valence-corrected chi connectivity index (χ4v) is 2.70. The fourth-order valence-electron chi connectivity index (χ4n) is 2.70. The van der Waals surface area contributed by atoms with E-state index in [1.807, 2.05) is 46.3 Å². The van der Waals surface area contributed by atoms with Crippen LogP contribution in [-0.2, 0) is 13.5 Å². The van der Waals surface area contributed by atoms with Crippen LogP contribution in [0.4, 0.5) is 0 Å². The highest BCUT2D eigenvalue weighted by Gasteiger charge is 2.18. The average molecular weight is 289 g/mol. The van der Waals surface area contributed by atoms with Gasteiger partial charge in [0.1, 0.15) is 11.5 Å². The zero-order valence-electron chi connectivity index (χ0n) is 13.6. The molecule has 2 aromatic rings. The molecule has 0 aliphatic heterocycles. The smallest absolute Gasteiger partial charge is 0.255 e. The summed E-state index contributed by atoms with van der Waals surface area (Å²) in [6, 6.07) is 0. The Morgan fingerprint density at radius 2 is 1.86 bits per heavy atom. The summed E-state index contributed by atoms with van der Waals surface area (Å²) >= 11 is 0. The topological polar surface area (TPSA) is 60.1 Å². The Labute approximate surface area is 125 Å². The summed E-state index contributed by atoms with van der Waals surface area (Å²) in [4.78, 5) is 12.3. The van der Waals surface area contributed by atoms with E-state index in [0.29, 0.717) is 17.9 Å². The summed E-state index contributed by atoms with van der Waals surface area (Å²) in [6.45, 7) is 10.3. The van der Waals surface area contributed by atoms with Gasteiger partial charge >= 0.3 is 0 Å². The van der Waals surface area contributed by atoms with Gasteiger partial charge in [-0.3, -0.25) is 9.48 Å². The Morgan fingerprint density at radius 1 is 1.19 bits per heavy atom. The average Bonchev–Trinajstić information content (AvgIpc) is 2.79. The SMILES string of the molecule is Cc1nn(C)c(C)c1CCNC(=O)c1c(C)oc(C)c1C. The molecule has 2 rings (SSSR count). The van der Waals surface area contributed by atoms with Crippen LogP contribution in [-0.4, -0.2) is 22.2 Å². The molecule has 5 nitrogen and oxygen atoms in total. The monoisotopic (exact) mass is 289 g/mol. The van der Waals surface area contributed by atoms with Gasteiger partial charge in [0.2, 0.25) is 0 Å². The second-order valence-corrected chi connectivity index (χ2v) is 5.49. The van der Waals surface area contributed by atoms with Crippen molar-refractivity contribution >= 4 is 5.91 Å². The number of rotatable bonds is 4. The molecule has 1 amide bonds. The number of hydrogen-bond acceptors (Lipinski definition) is 3. The van der Waals surface area contributed by atoms with E-state index in [4.69, 9.17) is 4.42 Å². The molecular formula is C16H23N3O2. The van der Waals surface area contributed by atoms with Crippen molar-refractivity contribution in [2.45, 2.75) is 41.0 Å². The Bertz CT molecular complexity index is 680. The van der Waals surface area contributed by atoms with Crippen molar-refractivity contribution in [3.05, 3.63) is 39.6 Å². The van der Waals surface area contributed by atoms with Crippen molar-refractivity contribution in [1.29, 1.82) is 0 Å². The van der Waals surface area contributed by atoms with Gasteiger partial charge < -0.3 is 9.73 Å². The highest BCUT2D eigenvalue weighted by atomic mass is 16.3. The van der Waals surface area contributed by atoms with E-state index >= 15 is 0 Å². The molecule has 0 aliphatic rings. The lowest BCUT2D eigenvalue weighted by molar-refractivity contribution is 0.0952. The van der Waals surface area contributed by atoms with Gasteiger partial charge in [-0.25, -0.2) is 0 Å². The van der Waals surface area contributed by atoms with Gasteiger partial charge in [0.05, 0.1) is 11.3 Å². The van der Waals surface area contributed by atoms with E-state index in [1.165, 1.54) is 5.56 Å². The van der Waals surface area contributed by atoms with Gasteiger partial charge in [0, 0.05) is 24.8 Å². The molecule has 0 aliphatic carbocycles. The normalized spacial score (nSPS) is 11.0. The molecular weight excluding hydrogens is 266 g/mol. The predicted octanol–water partition coefficient (Wildman–Crippen LogP) is 2.53. The van der Waals surface area contributed by atoms with Gasteiger partial charge in [-0.2, -0.15) is 5.10 Å². The van der Waals surface area contributed by atoms with Crippen LogP contribution >= 0.6 is 0 Å². The van der Waals surface area contributed by atoms with Gasteiger partial charge in [-0.05, 0) is 46.6 Å². The standard InChI is InChI=1S/C16H23N3O2/c1-9-12(4)21-13(5)15(9)16(20)17-8-7-14-10(2)18-19(6)11(14)3/h7-8H2,1-6H3,(H,17,20). The molecule has 1 N–H and O–H groups in total. The lowest BCUT2D eigenvalue weighted by Gasteiger charge is -2.06. The van der Waals surface area contributed by atoms with Crippen LogP contribution < -0.4 is 5.32 Å². The molecule has 0 bridgehead atoms. The summed E-state index contributed by atoms with van der Waals surface area (Å²) in [7, 11) is 1.94. The van der Waals surface area contributed by atoms with Gasteiger partial charge in [0.25, 0.3) is 5.91 Å². The summed E-state index contributed by atoms with van der Waals surface area (Å²) in [6.07, 6.45) is 0.784. The molecule has 0 spiro atoms. The van der Waals surface area contributed by atoms with Crippen LogP contribution in [0.2, 0.25) is 0 Å². The van der Waals surface area contributed by atoms with E-state index in [2.05, 4.69) is 10.4 Å². The maximum atomic E-state index is 12.3. The minimum absolute atomic E-state index is 0.0685. The van der Waals surface area contributed by atoms with Crippen LogP contribution in [0.15, 0.2) is 4.42 Å². The maximum absolute atomic E-state index is 12.3. The number of amides is 1. The van der Waals surface area contributed by atoms with E-state index in [0.717, 1.165) is 29.1 Å². The van der Waals surface area contributed by atoms with Gasteiger partial charge in [0.15, 0.2) is 0 Å². The Kier molecular flexibility index (Phi) is 4.21. The Balaban J connectivity index is 2.02. The van der Waals surface area contributed by atoms with Crippen molar-refractivity contribution in [2.75, 3.05) is 6.54 Å². The Morgan fingerprint density at radius 3 is 2.33 bits per heavy atom. The van der Waals surface area contributed by atoms with Crippen molar-refractivity contribution in [1.82, 2.24) is 15.1 Å². The highest BCUT2D eigenvalue weighted by molar-refractivity contribution is 5.96. The summed E-state index contributed by atoms with van der Waals surface area (Å²) in [5, 5.41) is 7.36. The molecule has 2 aromatic heterocycles. The first-order valence-corrected chi connectivity index (χ1v) is 7.16. The van der Waals surface area contributed by atoms with Crippen LogP contribution in [0.3, 0.4) is 0 Å². The van der Waals surface area contributed by atoms with Crippen molar-refractivity contribution < 1.29 is 9.21 Å². The van der Waals surface area contributed by atoms with Gasteiger partial charge in [-0.15, -0.1) is 0 Å².